The number of thiol groups is 1. The summed E-state index contributed by atoms with van der Waals surface area (Å²) in [7, 11) is 1.60. The predicted octanol–water partition coefficient (Wildman–Crippen LogP) is 1.26. The number of hydrogen-bond acceptors (Lipinski definition) is 4. The minimum atomic E-state index is 0.544. The molecule has 4 nitrogen and oxygen atoms in total. The van der Waals surface area contributed by atoms with Crippen LogP contribution in [0.15, 0.2) is 17.4 Å². The molecular formula is C7H7N3OS. The maximum atomic E-state index is 5.10. The van der Waals surface area contributed by atoms with E-state index in [1.165, 1.54) is 0 Å². The number of imidazole rings is 1. The number of aromatic nitrogens is 3. The summed E-state index contributed by atoms with van der Waals surface area (Å²) >= 11 is 4.07. The molecule has 62 valence electrons. The van der Waals surface area contributed by atoms with E-state index in [4.69, 9.17) is 4.74 Å². The van der Waals surface area contributed by atoms with E-state index in [0.717, 1.165) is 11.3 Å². The summed E-state index contributed by atoms with van der Waals surface area (Å²) in [6.07, 6.45) is 1.65. The van der Waals surface area contributed by atoms with Gasteiger partial charge in [0, 0.05) is 12.3 Å². The van der Waals surface area contributed by atoms with Crippen molar-refractivity contribution in [2.75, 3.05) is 7.11 Å². The standard InChI is InChI=1S/C7H7N3OS/c1-11-4-2-3-8-6-5(4)9-7(12)10-6/h2-3H,1H3,(H2,8,9,10,12). The Morgan fingerprint density at radius 2 is 2.42 bits per heavy atom. The maximum absolute atomic E-state index is 5.10. The van der Waals surface area contributed by atoms with Crippen LogP contribution in [0.4, 0.5) is 0 Å². The van der Waals surface area contributed by atoms with Crippen molar-refractivity contribution >= 4 is 23.8 Å². The number of rotatable bonds is 1. The third kappa shape index (κ3) is 1.02. The van der Waals surface area contributed by atoms with Gasteiger partial charge < -0.3 is 9.72 Å². The van der Waals surface area contributed by atoms with Gasteiger partial charge in [-0.3, -0.25) is 0 Å². The van der Waals surface area contributed by atoms with E-state index in [9.17, 15) is 0 Å². The Labute approximate surface area is 74.4 Å². The molecule has 0 radical (unpaired) electrons. The molecule has 0 aromatic carbocycles. The third-order valence-corrected chi connectivity index (χ3v) is 1.77. The maximum Gasteiger partial charge on any atom is 0.182 e. The average Bonchev–Trinajstić information content (AvgIpc) is 2.44. The zero-order chi connectivity index (χ0) is 8.55. The van der Waals surface area contributed by atoms with E-state index < -0.39 is 0 Å². The number of nitrogens with zero attached hydrogens (tertiary/aromatic N) is 2. The minimum Gasteiger partial charge on any atom is -0.494 e. The van der Waals surface area contributed by atoms with E-state index in [0.29, 0.717) is 10.8 Å². The molecule has 12 heavy (non-hydrogen) atoms. The molecule has 5 heteroatoms. The lowest BCUT2D eigenvalue weighted by atomic mass is 10.4. The molecule has 2 rings (SSSR count). The number of ether oxygens (including phenoxy) is 1. The molecule has 1 N–H and O–H groups in total. The quantitative estimate of drug-likeness (QED) is 0.651. The Bertz CT molecular complexity index is 412. The number of nitrogens with one attached hydrogen (secondary N) is 1. The van der Waals surface area contributed by atoms with E-state index in [2.05, 4.69) is 27.6 Å². The van der Waals surface area contributed by atoms with Crippen molar-refractivity contribution in [2.45, 2.75) is 5.16 Å². The van der Waals surface area contributed by atoms with Crippen molar-refractivity contribution in [1.29, 1.82) is 0 Å². The first kappa shape index (κ1) is 7.42. The summed E-state index contributed by atoms with van der Waals surface area (Å²) < 4.78 is 5.10. The van der Waals surface area contributed by atoms with Crippen molar-refractivity contribution in [3.05, 3.63) is 12.3 Å². The number of aromatic amines is 1. The number of fused-ring (bicyclic) bond motifs is 1. The van der Waals surface area contributed by atoms with Crippen LogP contribution in [0.5, 0.6) is 5.75 Å². The van der Waals surface area contributed by atoms with Crippen LogP contribution < -0.4 is 4.74 Å². The molecule has 2 aromatic heterocycles. The summed E-state index contributed by atoms with van der Waals surface area (Å²) in [6.45, 7) is 0. The molecule has 0 atom stereocenters. The minimum absolute atomic E-state index is 0.544. The molecule has 0 saturated heterocycles. The lowest BCUT2D eigenvalue weighted by Gasteiger charge is -1.97. The van der Waals surface area contributed by atoms with Crippen molar-refractivity contribution in [1.82, 2.24) is 15.0 Å². The fraction of sp³-hybridized carbons (Fsp3) is 0.143. The highest BCUT2D eigenvalue weighted by molar-refractivity contribution is 7.80. The van der Waals surface area contributed by atoms with Crippen molar-refractivity contribution in [2.24, 2.45) is 0 Å². The van der Waals surface area contributed by atoms with Gasteiger partial charge in [0.1, 0.15) is 11.3 Å². The zero-order valence-corrected chi connectivity index (χ0v) is 7.30. The molecule has 0 aliphatic heterocycles. The Morgan fingerprint density at radius 3 is 3.17 bits per heavy atom. The molecule has 2 aromatic rings. The fourth-order valence-electron chi connectivity index (χ4n) is 1.05. The molecule has 0 spiro atoms. The normalized spacial score (nSPS) is 10.5. The summed E-state index contributed by atoms with van der Waals surface area (Å²) in [5.41, 5.74) is 1.41. The van der Waals surface area contributed by atoms with Gasteiger partial charge in [-0.2, -0.15) is 0 Å². The van der Waals surface area contributed by atoms with Crippen LogP contribution in [0.2, 0.25) is 0 Å². The van der Waals surface area contributed by atoms with Crippen molar-refractivity contribution in [3.63, 3.8) is 0 Å². The first-order chi connectivity index (χ1) is 5.81. The molecule has 2 heterocycles. The summed E-state index contributed by atoms with van der Waals surface area (Å²) in [5.74, 6) is 0.729. The number of H-pyrrole nitrogens is 1. The fourth-order valence-corrected chi connectivity index (χ4v) is 1.25. The van der Waals surface area contributed by atoms with Gasteiger partial charge in [0.15, 0.2) is 10.8 Å². The monoisotopic (exact) mass is 181 g/mol. The Kier molecular flexibility index (Phi) is 1.65. The SMILES string of the molecule is COc1ccnc2nc(S)[nH]c12. The smallest absolute Gasteiger partial charge is 0.182 e. The predicted molar refractivity (Wildman–Crippen MR) is 47.7 cm³/mol. The molecule has 0 amide bonds. The lowest BCUT2D eigenvalue weighted by molar-refractivity contribution is 0.418. The second-order valence-electron chi connectivity index (χ2n) is 2.27. The second kappa shape index (κ2) is 2.67. The van der Waals surface area contributed by atoms with Gasteiger partial charge in [0.2, 0.25) is 0 Å². The van der Waals surface area contributed by atoms with Crippen LogP contribution in [0, 0.1) is 0 Å². The number of hydrogen-bond donors (Lipinski definition) is 2. The highest BCUT2D eigenvalue weighted by Gasteiger charge is 2.05. The highest BCUT2D eigenvalue weighted by Crippen LogP contribution is 2.21. The molecule has 0 aliphatic carbocycles. The van der Waals surface area contributed by atoms with Gasteiger partial charge in [0.05, 0.1) is 7.11 Å². The topological polar surface area (TPSA) is 50.8 Å². The van der Waals surface area contributed by atoms with Crippen LogP contribution in [0.3, 0.4) is 0 Å². The molecule has 0 bridgehead atoms. The third-order valence-electron chi connectivity index (χ3n) is 1.56. The van der Waals surface area contributed by atoms with Crippen LogP contribution in [0.25, 0.3) is 11.2 Å². The van der Waals surface area contributed by atoms with Gasteiger partial charge in [0.25, 0.3) is 0 Å². The van der Waals surface area contributed by atoms with Gasteiger partial charge >= 0.3 is 0 Å². The van der Waals surface area contributed by atoms with Crippen LogP contribution in [-0.4, -0.2) is 22.1 Å². The van der Waals surface area contributed by atoms with Gasteiger partial charge in [-0.05, 0) is 0 Å². The van der Waals surface area contributed by atoms with E-state index in [1.54, 1.807) is 19.4 Å². The molecule has 0 fully saturated rings. The zero-order valence-electron chi connectivity index (χ0n) is 6.40. The van der Waals surface area contributed by atoms with Gasteiger partial charge in [-0.1, -0.05) is 0 Å². The Morgan fingerprint density at radius 1 is 1.58 bits per heavy atom. The first-order valence-electron chi connectivity index (χ1n) is 3.39. The molecule has 0 saturated carbocycles. The van der Waals surface area contributed by atoms with E-state index >= 15 is 0 Å². The van der Waals surface area contributed by atoms with E-state index in [1.807, 2.05) is 0 Å². The van der Waals surface area contributed by atoms with Gasteiger partial charge in [-0.15, -0.1) is 12.6 Å². The van der Waals surface area contributed by atoms with Gasteiger partial charge in [-0.25, -0.2) is 9.97 Å². The van der Waals surface area contributed by atoms with Crippen LogP contribution >= 0.6 is 12.6 Å². The highest BCUT2D eigenvalue weighted by atomic mass is 32.1. The van der Waals surface area contributed by atoms with Crippen LogP contribution in [0.1, 0.15) is 0 Å². The second-order valence-corrected chi connectivity index (χ2v) is 2.70. The molecular weight excluding hydrogens is 174 g/mol. The van der Waals surface area contributed by atoms with Crippen molar-refractivity contribution in [3.8, 4) is 5.75 Å². The molecule has 0 unspecified atom stereocenters. The van der Waals surface area contributed by atoms with Crippen molar-refractivity contribution < 1.29 is 4.74 Å². The first-order valence-corrected chi connectivity index (χ1v) is 3.83. The molecule has 0 aliphatic rings. The average molecular weight is 181 g/mol. The Balaban J connectivity index is 2.78. The number of pyridine rings is 1. The van der Waals surface area contributed by atoms with Crippen LogP contribution in [-0.2, 0) is 0 Å². The lowest BCUT2D eigenvalue weighted by Crippen LogP contribution is -1.85. The summed E-state index contributed by atoms with van der Waals surface area (Å²) in [6, 6.07) is 1.77. The summed E-state index contributed by atoms with van der Waals surface area (Å²) in [4.78, 5) is 11.0. The Hall–Kier alpha value is -1.23. The van der Waals surface area contributed by atoms with E-state index in [-0.39, 0.29) is 0 Å². The number of methoxy groups -OCH3 is 1. The largest absolute Gasteiger partial charge is 0.494 e. The summed E-state index contributed by atoms with van der Waals surface area (Å²) in [5, 5.41) is 0.544.